The minimum absolute atomic E-state index is 0.0486. The van der Waals surface area contributed by atoms with Crippen LogP contribution in [0, 0.1) is 0 Å². The number of oxazole rings is 1. The van der Waals surface area contributed by atoms with Gasteiger partial charge in [0.2, 0.25) is 11.8 Å². The van der Waals surface area contributed by atoms with E-state index < -0.39 is 24.1 Å². The van der Waals surface area contributed by atoms with E-state index in [1.165, 1.54) is 19.2 Å². The SMILES string of the molecule is COc1cc(-c2nc3c(o2)[C@@H](NC(=O)c2cccc(OC(F)(F)F)c2)CCC3)ccn1. The van der Waals surface area contributed by atoms with Gasteiger partial charge < -0.3 is 19.2 Å². The highest BCUT2D eigenvalue weighted by atomic mass is 19.4. The second kappa shape index (κ2) is 8.29. The first-order chi connectivity index (χ1) is 14.8. The third kappa shape index (κ3) is 4.79. The largest absolute Gasteiger partial charge is 0.573 e. The fraction of sp³-hybridized carbons (Fsp3) is 0.286. The summed E-state index contributed by atoms with van der Waals surface area (Å²) in [7, 11) is 1.51. The van der Waals surface area contributed by atoms with Crippen LogP contribution in [0.2, 0.25) is 0 Å². The number of ether oxygens (including phenoxy) is 2. The average molecular weight is 433 g/mol. The predicted octanol–water partition coefficient (Wildman–Crippen LogP) is 4.45. The minimum Gasteiger partial charge on any atom is -0.481 e. The molecule has 0 fully saturated rings. The number of hydrogen-bond acceptors (Lipinski definition) is 6. The van der Waals surface area contributed by atoms with Gasteiger partial charge in [0.25, 0.3) is 5.91 Å². The molecule has 1 N–H and O–H groups in total. The van der Waals surface area contributed by atoms with E-state index in [4.69, 9.17) is 9.15 Å². The van der Waals surface area contributed by atoms with Crippen LogP contribution in [0.15, 0.2) is 47.0 Å². The van der Waals surface area contributed by atoms with Crippen molar-refractivity contribution in [2.75, 3.05) is 7.11 Å². The fourth-order valence-electron chi connectivity index (χ4n) is 3.41. The highest BCUT2D eigenvalue weighted by Crippen LogP contribution is 2.34. The molecule has 0 spiro atoms. The molecule has 2 aromatic heterocycles. The number of rotatable bonds is 5. The molecule has 1 aliphatic rings. The van der Waals surface area contributed by atoms with Crippen LogP contribution in [0.4, 0.5) is 13.2 Å². The first-order valence-corrected chi connectivity index (χ1v) is 9.49. The molecule has 31 heavy (non-hydrogen) atoms. The number of aromatic nitrogens is 2. The highest BCUT2D eigenvalue weighted by molar-refractivity contribution is 5.94. The number of amides is 1. The summed E-state index contributed by atoms with van der Waals surface area (Å²) < 4.78 is 52.3. The molecule has 0 saturated heterocycles. The smallest absolute Gasteiger partial charge is 0.481 e. The second-order valence-corrected chi connectivity index (χ2v) is 6.91. The van der Waals surface area contributed by atoms with Crippen molar-refractivity contribution in [3.63, 3.8) is 0 Å². The lowest BCUT2D eigenvalue weighted by Gasteiger charge is -2.21. The molecule has 0 bridgehead atoms. The third-order valence-electron chi connectivity index (χ3n) is 4.78. The lowest BCUT2D eigenvalue weighted by molar-refractivity contribution is -0.274. The molecular formula is C21H18F3N3O4. The minimum atomic E-state index is -4.83. The number of methoxy groups -OCH3 is 1. The number of alkyl halides is 3. The Bertz CT molecular complexity index is 1100. The van der Waals surface area contributed by atoms with E-state index in [-0.39, 0.29) is 5.56 Å². The zero-order valence-corrected chi connectivity index (χ0v) is 16.4. The van der Waals surface area contributed by atoms with Crippen molar-refractivity contribution in [3.05, 3.63) is 59.6 Å². The number of fused-ring (bicyclic) bond motifs is 1. The molecular weight excluding hydrogens is 415 g/mol. The van der Waals surface area contributed by atoms with Crippen molar-refractivity contribution in [2.45, 2.75) is 31.7 Å². The summed E-state index contributed by atoms with van der Waals surface area (Å²) in [5, 5.41) is 2.82. The topological polar surface area (TPSA) is 86.5 Å². The summed E-state index contributed by atoms with van der Waals surface area (Å²) in [6, 6.07) is 7.89. The van der Waals surface area contributed by atoms with Crippen LogP contribution >= 0.6 is 0 Å². The Kier molecular flexibility index (Phi) is 5.53. The Morgan fingerprint density at radius 1 is 1.26 bits per heavy atom. The number of nitrogens with one attached hydrogen (secondary N) is 1. The highest BCUT2D eigenvalue weighted by Gasteiger charge is 2.32. The average Bonchev–Trinajstić information content (AvgIpc) is 3.18. The summed E-state index contributed by atoms with van der Waals surface area (Å²) in [5.74, 6) is 0.340. The number of halogens is 3. The van der Waals surface area contributed by atoms with Gasteiger partial charge in [-0.15, -0.1) is 13.2 Å². The standard InChI is InChI=1S/C21H18F3N3O4/c1-29-17-11-13(8-9-25-17)20-27-16-7-3-6-15(18(16)30-20)26-19(28)12-4-2-5-14(10-12)31-21(22,23)24/h2,4-5,8-11,15H,3,6-7H2,1H3,(H,26,28)/t15-/m0/s1. The quantitative estimate of drug-likeness (QED) is 0.640. The Labute approximate surface area is 175 Å². The summed E-state index contributed by atoms with van der Waals surface area (Å²) in [6.45, 7) is 0. The van der Waals surface area contributed by atoms with Crippen molar-refractivity contribution in [1.82, 2.24) is 15.3 Å². The maximum Gasteiger partial charge on any atom is 0.573 e. The maximum atomic E-state index is 12.7. The summed E-state index contributed by atoms with van der Waals surface area (Å²) in [5.41, 5.74) is 1.47. The molecule has 3 aromatic rings. The van der Waals surface area contributed by atoms with Gasteiger partial charge in [0.15, 0.2) is 0 Å². The Balaban J connectivity index is 1.54. The molecule has 4 rings (SSSR count). The first-order valence-electron chi connectivity index (χ1n) is 9.49. The summed E-state index contributed by atoms with van der Waals surface area (Å²) in [4.78, 5) is 21.3. The van der Waals surface area contributed by atoms with Gasteiger partial charge in [-0.25, -0.2) is 9.97 Å². The number of carbonyl (C=O) groups excluding carboxylic acids is 1. The third-order valence-corrected chi connectivity index (χ3v) is 4.78. The van der Waals surface area contributed by atoms with E-state index in [0.717, 1.165) is 24.2 Å². The number of nitrogens with zero attached hydrogens (tertiary/aromatic N) is 2. The normalized spacial score (nSPS) is 15.8. The molecule has 0 aliphatic heterocycles. The molecule has 1 aromatic carbocycles. The van der Waals surface area contributed by atoms with E-state index >= 15 is 0 Å². The molecule has 162 valence electrons. The van der Waals surface area contributed by atoms with Crippen LogP contribution in [-0.4, -0.2) is 29.3 Å². The Hall–Kier alpha value is -3.56. The van der Waals surface area contributed by atoms with Crippen LogP contribution in [0.25, 0.3) is 11.5 Å². The number of benzene rings is 1. The van der Waals surface area contributed by atoms with Gasteiger partial charge >= 0.3 is 6.36 Å². The van der Waals surface area contributed by atoms with E-state index in [2.05, 4.69) is 20.0 Å². The lowest BCUT2D eigenvalue weighted by Crippen LogP contribution is -2.30. The van der Waals surface area contributed by atoms with Crippen molar-refractivity contribution < 1.29 is 31.9 Å². The zero-order chi connectivity index (χ0) is 22.0. The van der Waals surface area contributed by atoms with Crippen molar-refractivity contribution >= 4 is 5.91 Å². The van der Waals surface area contributed by atoms with E-state index in [1.807, 2.05) is 0 Å². The van der Waals surface area contributed by atoms with Gasteiger partial charge in [-0.2, -0.15) is 0 Å². The molecule has 7 nitrogen and oxygen atoms in total. The van der Waals surface area contributed by atoms with Gasteiger partial charge in [0.05, 0.1) is 18.8 Å². The molecule has 10 heteroatoms. The van der Waals surface area contributed by atoms with Crippen LogP contribution in [0.1, 0.15) is 40.7 Å². The van der Waals surface area contributed by atoms with Gasteiger partial charge in [-0.1, -0.05) is 6.07 Å². The monoisotopic (exact) mass is 433 g/mol. The van der Waals surface area contributed by atoms with E-state index in [9.17, 15) is 18.0 Å². The van der Waals surface area contributed by atoms with Gasteiger partial charge in [0, 0.05) is 23.4 Å². The molecule has 1 amide bonds. The van der Waals surface area contributed by atoms with Crippen LogP contribution < -0.4 is 14.8 Å². The first kappa shape index (κ1) is 20.7. The fourth-order valence-corrected chi connectivity index (χ4v) is 3.41. The molecule has 0 unspecified atom stereocenters. The summed E-state index contributed by atoms with van der Waals surface area (Å²) >= 11 is 0. The Morgan fingerprint density at radius 3 is 2.87 bits per heavy atom. The summed E-state index contributed by atoms with van der Waals surface area (Å²) in [6.07, 6.45) is -1.17. The second-order valence-electron chi connectivity index (χ2n) is 6.91. The van der Waals surface area contributed by atoms with E-state index in [0.29, 0.717) is 35.9 Å². The van der Waals surface area contributed by atoms with E-state index in [1.54, 1.807) is 18.3 Å². The number of aryl methyl sites for hydroxylation is 1. The molecule has 0 saturated carbocycles. The zero-order valence-electron chi connectivity index (χ0n) is 16.4. The number of hydrogen-bond donors (Lipinski definition) is 1. The lowest BCUT2D eigenvalue weighted by atomic mass is 9.96. The van der Waals surface area contributed by atoms with Crippen molar-refractivity contribution in [1.29, 1.82) is 0 Å². The maximum absolute atomic E-state index is 12.7. The molecule has 1 atom stereocenters. The van der Waals surface area contributed by atoms with Crippen LogP contribution in [0.3, 0.4) is 0 Å². The van der Waals surface area contributed by atoms with Crippen LogP contribution in [0.5, 0.6) is 11.6 Å². The Morgan fingerprint density at radius 2 is 2.10 bits per heavy atom. The molecule has 1 aliphatic carbocycles. The van der Waals surface area contributed by atoms with Gasteiger partial charge in [-0.3, -0.25) is 4.79 Å². The molecule has 2 heterocycles. The molecule has 0 radical (unpaired) electrons. The number of pyridine rings is 1. The number of carbonyl (C=O) groups is 1. The van der Waals surface area contributed by atoms with Gasteiger partial charge in [-0.05, 0) is 43.5 Å². The van der Waals surface area contributed by atoms with Crippen molar-refractivity contribution in [2.24, 2.45) is 0 Å². The predicted molar refractivity (Wildman–Crippen MR) is 103 cm³/mol. The van der Waals surface area contributed by atoms with Gasteiger partial charge in [0.1, 0.15) is 11.5 Å². The van der Waals surface area contributed by atoms with Crippen molar-refractivity contribution in [3.8, 4) is 23.1 Å². The van der Waals surface area contributed by atoms with Crippen LogP contribution in [-0.2, 0) is 6.42 Å².